The Morgan fingerprint density at radius 3 is 1.45 bits per heavy atom. The largest absolute Gasteiger partial charge is 0.254 e. The summed E-state index contributed by atoms with van der Waals surface area (Å²) in [4.78, 5) is 34.7. The second kappa shape index (κ2) is 14.2. The van der Waals surface area contributed by atoms with Crippen molar-refractivity contribution in [3.8, 4) is 79.2 Å². The minimum atomic E-state index is 0.567. The SMILES string of the molecule is c1ccc(-c2cc(-c3cccc(-c4cccc(-c5nc(-c6ccccc6)nc(-c6cc7cccnc7c7ncccc67)n5)c4)c3)nc(-c3ccccc3)n2)cc1. The first kappa shape index (κ1) is 32.8. The summed E-state index contributed by atoms with van der Waals surface area (Å²) in [6, 6.07) is 59.3. The molecule has 56 heavy (non-hydrogen) atoms. The molecule has 0 bridgehead atoms. The first-order valence-electron chi connectivity index (χ1n) is 18.4. The van der Waals surface area contributed by atoms with Gasteiger partial charge in [-0.3, -0.25) is 9.97 Å². The fourth-order valence-corrected chi connectivity index (χ4v) is 7.07. The highest BCUT2D eigenvalue weighted by molar-refractivity contribution is 6.09. The van der Waals surface area contributed by atoms with Crippen molar-refractivity contribution in [2.24, 2.45) is 0 Å². The molecule has 4 heterocycles. The second-order valence-corrected chi connectivity index (χ2v) is 13.4. The van der Waals surface area contributed by atoms with Gasteiger partial charge in [0.1, 0.15) is 0 Å². The van der Waals surface area contributed by atoms with Gasteiger partial charge in [-0.2, -0.15) is 0 Å². The Balaban J connectivity index is 1.09. The first-order chi connectivity index (χ1) is 27.7. The molecular weight excluding hydrogens is 687 g/mol. The molecule has 0 saturated heterocycles. The van der Waals surface area contributed by atoms with Gasteiger partial charge in [0.05, 0.1) is 22.4 Å². The van der Waals surface area contributed by atoms with Gasteiger partial charge in [0, 0.05) is 56.5 Å². The molecule has 0 aliphatic carbocycles. The zero-order chi connectivity index (χ0) is 37.3. The van der Waals surface area contributed by atoms with E-state index in [0.717, 1.165) is 77.7 Å². The lowest BCUT2D eigenvalue weighted by atomic mass is 9.99. The van der Waals surface area contributed by atoms with Crippen molar-refractivity contribution < 1.29 is 0 Å². The predicted molar refractivity (Wildman–Crippen MR) is 224 cm³/mol. The van der Waals surface area contributed by atoms with Crippen molar-refractivity contribution in [2.75, 3.05) is 0 Å². The summed E-state index contributed by atoms with van der Waals surface area (Å²) in [5.74, 6) is 2.41. The molecule has 0 atom stereocenters. The normalized spacial score (nSPS) is 11.2. The first-order valence-corrected chi connectivity index (χ1v) is 18.4. The Kier molecular flexibility index (Phi) is 8.35. The van der Waals surface area contributed by atoms with E-state index in [0.29, 0.717) is 23.3 Å². The van der Waals surface area contributed by atoms with Crippen LogP contribution in [0.4, 0.5) is 0 Å². The topological polar surface area (TPSA) is 90.2 Å². The molecule has 0 aliphatic heterocycles. The minimum Gasteiger partial charge on any atom is -0.254 e. The average Bonchev–Trinajstić information content (AvgIpc) is 3.29. The number of aromatic nitrogens is 7. The minimum absolute atomic E-state index is 0.567. The molecule has 0 aliphatic rings. The van der Waals surface area contributed by atoms with Crippen molar-refractivity contribution in [3.05, 3.63) is 188 Å². The lowest BCUT2D eigenvalue weighted by Crippen LogP contribution is -2.01. The van der Waals surface area contributed by atoms with E-state index in [-0.39, 0.29) is 0 Å². The van der Waals surface area contributed by atoms with E-state index in [1.165, 1.54) is 0 Å². The molecule has 7 nitrogen and oxygen atoms in total. The third-order valence-corrected chi connectivity index (χ3v) is 9.81. The van der Waals surface area contributed by atoms with Gasteiger partial charge in [-0.1, -0.05) is 140 Å². The third-order valence-electron chi connectivity index (χ3n) is 9.81. The van der Waals surface area contributed by atoms with Crippen molar-refractivity contribution in [3.63, 3.8) is 0 Å². The van der Waals surface area contributed by atoms with Crippen LogP contribution in [0.5, 0.6) is 0 Å². The summed E-state index contributed by atoms with van der Waals surface area (Å²) in [5.41, 5.74) is 11.1. The van der Waals surface area contributed by atoms with Gasteiger partial charge in [-0.05, 0) is 47.5 Å². The van der Waals surface area contributed by atoms with Crippen molar-refractivity contribution in [1.82, 2.24) is 34.9 Å². The maximum atomic E-state index is 5.15. The molecule has 262 valence electrons. The lowest BCUT2D eigenvalue weighted by molar-refractivity contribution is 1.08. The lowest BCUT2D eigenvalue weighted by Gasteiger charge is -2.12. The van der Waals surface area contributed by atoms with Gasteiger partial charge in [0.15, 0.2) is 23.3 Å². The van der Waals surface area contributed by atoms with Crippen molar-refractivity contribution in [2.45, 2.75) is 0 Å². The predicted octanol–water partition coefficient (Wildman–Crippen LogP) is 11.4. The van der Waals surface area contributed by atoms with E-state index in [2.05, 4.69) is 71.7 Å². The Labute approximate surface area is 323 Å². The average molecular weight is 718 g/mol. The summed E-state index contributed by atoms with van der Waals surface area (Å²) in [6.07, 6.45) is 3.59. The number of hydrogen-bond donors (Lipinski definition) is 0. The number of fused-ring (bicyclic) bond motifs is 3. The van der Waals surface area contributed by atoms with Crippen LogP contribution < -0.4 is 0 Å². The number of benzene rings is 6. The van der Waals surface area contributed by atoms with E-state index in [1.54, 1.807) is 12.4 Å². The Morgan fingerprint density at radius 2 is 0.768 bits per heavy atom. The number of rotatable bonds is 7. The number of hydrogen-bond acceptors (Lipinski definition) is 7. The summed E-state index contributed by atoms with van der Waals surface area (Å²) >= 11 is 0. The summed E-state index contributed by atoms with van der Waals surface area (Å²) in [7, 11) is 0. The Bertz CT molecular complexity index is 2970. The molecule has 0 saturated carbocycles. The van der Waals surface area contributed by atoms with Gasteiger partial charge in [-0.15, -0.1) is 0 Å². The van der Waals surface area contributed by atoms with Crippen LogP contribution in [0.3, 0.4) is 0 Å². The quantitative estimate of drug-likeness (QED) is 0.152. The summed E-state index contributed by atoms with van der Waals surface area (Å²) in [5, 5.41) is 1.89. The molecule has 0 spiro atoms. The van der Waals surface area contributed by atoms with Gasteiger partial charge < -0.3 is 0 Å². The fourth-order valence-electron chi connectivity index (χ4n) is 7.07. The standard InChI is InChI=1S/C49H31N7/c1-4-14-32(15-5-1)42-31-43(53-46(52-42)33-16-6-2-7-17-33)37-22-10-20-35(28-37)36-21-11-23-39(29-36)48-54-47(34-18-8-3-9-19-34)55-49(56-48)41-30-38-24-12-26-50-44(38)45-40(41)25-13-27-51-45/h1-31H. The van der Waals surface area contributed by atoms with Gasteiger partial charge in [0.25, 0.3) is 0 Å². The summed E-state index contributed by atoms with van der Waals surface area (Å²) < 4.78 is 0. The molecule has 6 aromatic carbocycles. The smallest absolute Gasteiger partial charge is 0.164 e. The third kappa shape index (κ3) is 6.33. The monoisotopic (exact) mass is 717 g/mol. The Morgan fingerprint density at radius 1 is 0.286 bits per heavy atom. The van der Waals surface area contributed by atoms with E-state index in [4.69, 9.17) is 29.9 Å². The van der Waals surface area contributed by atoms with Crippen LogP contribution in [0.2, 0.25) is 0 Å². The highest BCUT2D eigenvalue weighted by Crippen LogP contribution is 2.35. The molecule has 10 rings (SSSR count). The zero-order valence-electron chi connectivity index (χ0n) is 30.0. The molecule has 0 radical (unpaired) electrons. The van der Waals surface area contributed by atoms with Crippen molar-refractivity contribution in [1.29, 1.82) is 0 Å². The fraction of sp³-hybridized carbons (Fsp3) is 0. The zero-order valence-corrected chi connectivity index (χ0v) is 30.0. The van der Waals surface area contributed by atoms with Gasteiger partial charge in [0.2, 0.25) is 0 Å². The van der Waals surface area contributed by atoms with E-state index >= 15 is 0 Å². The van der Waals surface area contributed by atoms with Crippen LogP contribution in [0.25, 0.3) is 101 Å². The van der Waals surface area contributed by atoms with E-state index in [9.17, 15) is 0 Å². The van der Waals surface area contributed by atoms with Gasteiger partial charge >= 0.3 is 0 Å². The van der Waals surface area contributed by atoms with Crippen LogP contribution in [0.1, 0.15) is 0 Å². The number of nitrogens with zero attached hydrogens (tertiary/aromatic N) is 7. The van der Waals surface area contributed by atoms with Crippen molar-refractivity contribution >= 4 is 21.8 Å². The maximum absolute atomic E-state index is 5.15. The summed E-state index contributed by atoms with van der Waals surface area (Å²) in [6.45, 7) is 0. The number of pyridine rings is 2. The van der Waals surface area contributed by atoms with Crippen LogP contribution in [-0.4, -0.2) is 34.9 Å². The second-order valence-electron chi connectivity index (χ2n) is 13.4. The molecular formula is C49H31N7. The highest BCUT2D eigenvalue weighted by Gasteiger charge is 2.18. The molecule has 10 aromatic rings. The molecule has 0 fully saturated rings. The molecule has 4 aromatic heterocycles. The highest BCUT2D eigenvalue weighted by atomic mass is 15.0. The Hall–Kier alpha value is -7.77. The van der Waals surface area contributed by atoms with Crippen LogP contribution in [-0.2, 0) is 0 Å². The molecule has 7 heteroatoms. The van der Waals surface area contributed by atoms with Crippen LogP contribution in [0, 0.1) is 0 Å². The molecule has 0 unspecified atom stereocenters. The molecule has 0 amide bonds. The van der Waals surface area contributed by atoms with E-state index < -0.39 is 0 Å². The van der Waals surface area contributed by atoms with Crippen LogP contribution >= 0.6 is 0 Å². The van der Waals surface area contributed by atoms with E-state index in [1.807, 2.05) is 109 Å². The van der Waals surface area contributed by atoms with Gasteiger partial charge in [-0.25, -0.2) is 24.9 Å². The van der Waals surface area contributed by atoms with Crippen LogP contribution in [0.15, 0.2) is 188 Å². The molecule has 0 N–H and O–H groups in total. The maximum Gasteiger partial charge on any atom is 0.164 e.